The lowest BCUT2D eigenvalue weighted by Gasteiger charge is -2.37. The third kappa shape index (κ3) is 2.81. The molecule has 2 unspecified atom stereocenters. The predicted molar refractivity (Wildman–Crippen MR) is 86.9 cm³/mol. The molecule has 0 saturated carbocycles. The van der Waals surface area contributed by atoms with E-state index in [1.165, 1.54) is 0 Å². The molecule has 112 valence electrons. The van der Waals surface area contributed by atoms with E-state index in [4.69, 9.17) is 10.7 Å². The van der Waals surface area contributed by atoms with Crippen molar-refractivity contribution >= 4 is 5.95 Å². The number of aryl methyl sites for hydroxylation is 1. The Kier molecular flexibility index (Phi) is 3.97. The predicted octanol–water partition coefficient (Wildman–Crippen LogP) is 2.74. The number of imidazole rings is 1. The number of hydrogen-bond donors (Lipinski definition) is 1. The Balaban J connectivity index is 1.92. The van der Waals surface area contributed by atoms with Crippen LogP contribution in [0, 0.1) is 12.8 Å². The molecular weight excluding hydrogens is 260 g/mol. The van der Waals surface area contributed by atoms with Gasteiger partial charge in [0.15, 0.2) is 0 Å². The average molecular weight is 284 g/mol. The first-order valence-electron chi connectivity index (χ1n) is 7.81. The van der Waals surface area contributed by atoms with Gasteiger partial charge in [-0.05, 0) is 31.4 Å². The first-order valence-corrected chi connectivity index (χ1v) is 7.81. The van der Waals surface area contributed by atoms with Crippen LogP contribution in [0.15, 0.2) is 36.5 Å². The van der Waals surface area contributed by atoms with Crippen LogP contribution in [0.4, 0.5) is 5.95 Å². The van der Waals surface area contributed by atoms with Crippen LogP contribution >= 0.6 is 0 Å². The molecule has 4 heteroatoms. The summed E-state index contributed by atoms with van der Waals surface area (Å²) in [5, 5.41) is 0. The number of aromatic nitrogens is 2. The lowest BCUT2D eigenvalue weighted by molar-refractivity contribution is 0.345. The molecule has 3 rings (SSSR count). The lowest BCUT2D eigenvalue weighted by Crippen LogP contribution is -2.47. The fraction of sp³-hybridized carbons (Fsp3) is 0.471. The summed E-state index contributed by atoms with van der Waals surface area (Å²) >= 11 is 0. The molecule has 1 fully saturated rings. The fourth-order valence-corrected chi connectivity index (χ4v) is 3.15. The summed E-state index contributed by atoms with van der Waals surface area (Å²) in [6.45, 7) is 6.26. The lowest BCUT2D eigenvalue weighted by atomic mass is 9.91. The van der Waals surface area contributed by atoms with E-state index in [0.29, 0.717) is 12.0 Å². The Morgan fingerprint density at radius 2 is 2.05 bits per heavy atom. The van der Waals surface area contributed by atoms with Gasteiger partial charge in [0.05, 0.1) is 5.69 Å². The van der Waals surface area contributed by atoms with Crippen molar-refractivity contribution < 1.29 is 0 Å². The Bertz CT molecular complexity index is 590. The Labute approximate surface area is 126 Å². The zero-order valence-corrected chi connectivity index (χ0v) is 12.9. The Morgan fingerprint density at radius 3 is 2.76 bits per heavy atom. The van der Waals surface area contributed by atoms with Crippen molar-refractivity contribution in [2.75, 3.05) is 18.0 Å². The molecule has 21 heavy (non-hydrogen) atoms. The van der Waals surface area contributed by atoms with Gasteiger partial charge in [-0.3, -0.25) is 4.57 Å². The fourth-order valence-electron chi connectivity index (χ4n) is 3.15. The van der Waals surface area contributed by atoms with Crippen molar-refractivity contribution in [3.8, 4) is 5.69 Å². The molecule has 2 heterocycles. The summed E-state index contributed by atoms with van der Waals surface area (Å²) in [6, 6.07) is 10.7. The minimum absolute atomic E-state index is 0.326. The highest BCUT2D eigenvalue weighted by molar-refractivity contribution is 5.45. The van der Waals surface area contributed by atoms with Crippen molar-refractivity contribution in [2.45, 2.75) is 32.7 Å². The van der Waals surface area contributed by atoms with Crippen LogP contribution in [0.5, 0.6) is 0 Å². The average Bonchev–Trinajstić information content (AvgIpc) is 2.90. The van der Waals surface area contributed by atoms with Gasteiger partial charge in [-0.1, -0.05) is 31.5 Å². The van der Waals surface area contributed by atoms with E-state index in [9.17, 15) is 0 Å². The number of benzene rings is 1. The molecule has 2 atom stereocenters. The number of piperidine rings is 1. The minimum Gasteiger partial charge on any atom is -0.342 e. The van der Waals surface area contributed by atoms with Gasteiger partial charge in [-0.15, -0.1) is 0 Å². The molecular formula is C17H24N4. The topological polar surface area (TPSA) is 47.1 Å². The zero-order chi connectivity index (χ0) is 14.8. The van der Waals surface area contributed by atoms with Crippen molar-refractivity contribution in [3.05, 3.63) is 42.2 Å². The molecule has 1 saturated heterocycles. The van der Waals surface area contributed by atoms with Gasteiger partial charge in [0.2, 0.25) is 5.95 Å². The van der Waals surface area contributed by atoms with Crippen LogP contribution in [-0.4, -0.2) is 28.7 Å². The monoisotopic (exact) mass is 284 g/mol. The molecule has 2 aromatic rings. The SMILES string of the molecule is CCC1CN(c2nc(C)cn2-c2ccccc2)CCC1N. The standard InChI is InChI=1S/C17H24N4/c1-3-14-12-20(10-9-16(14)18)17-19-13(2)11-21(17)15-7-5-4-6-8-15/h4-8,11,14,16H,3,9-10,12,18H2,1-2H3. The third-order valence-electron chi connectivity index (χ3n) is 4.44. The molecule has 4 nitrogen and oxygen atoms in total. The molecule has 0 spiro atoms. The highest BCUT2D eigenvalue weighted by Gasteiger charge is 2.27. The second kappa shape index (κ2) is 5.90. The van der Waals surface area contributed by atoms with Crippen LogP contribution in [0.3, 0.4) is 0 Å². The van der Waals surface area contributed by atoms with Gasteiger partial charge in [-0.2, -0.15) is 0 Å². The maximum absolute atomic E-state index is 6.23. The van der Waals surface area contributed by atoms with E-state index >= 15 is 0 Å². The number of nitrogens with two attached hydrogens (primary N) is 1. The first-order chi connectivity index (χ1) is 10.2. The highest BCUT2D eigenvalue weighted by Crippen LogP contribution is 2.26. The smallest absolute Gasteiger partial charge is 0.210 e. The van der Waals surface area contributed by atoms with E-state index in [2.05, 4.69) is 53.8 Å². The maximum atomic E-state index is 6.23. The normalized spacial score (nSPS) is 22.5. The summed E-state index contributed by atoms with van der Waals surface area (Å²) in [7, 11) is 0. The molecule has 1 aliphatic rings. The number of para-hydroxylation sites is 1. The number of hydrogen-bond acceptors (Lipinski definition) is 3. The molecule has 1 aromatic carbocycles. The van der Waals surface area contributed by atoms with E-state index in [1.807, 2.05) is 6.07 Å². The summed E-state index contributed by atoms with van der Waals surface area (Å²) < 4.78 is 2.19. The number of nitrogens with zero attached hydrogens (tertiary/aromatic N) is 3. The van der Waals surface area contributed by atoms with Crippen LogP contribution in [0.2, 0.25) is 0 Å². The van der Waals surface area contributed by atoms with E-state index in [1.54, 1.807) is 0 Å². The van der Waals surface area contributed by atoms with Gasteiger partial charge in [0.25, 0.3) is 0 Å². The van der Waals surface area contributed by atoms with Crippen molar-refractivity contribution in [2.24, 2.45) is 11.7 Å². The van der Waals surface area contributed by atoms with Gasteiger partial charge >= 0.3 is 0 Å². The third-order valence-corrected chi connectivity index (χ3v) is 4.44. The number of anilines is 1. The molecule has 0 amide bonds. The van der Waals surface area contributed by atoms with E-state index in [0.717, 1.165) is 43.3 Å². The zero-order valence-electron chi connectivity index (χ0n) is 12.9. The van der Waals surface area contributed by atoms with E-state index in [-0.39, 0.29) is 0 Å². The van der Waals surface area contributed by atoms with Crippen molar-refractivity contribution in [1.29, 1.82) is 0 Å². The highest BCUT2D eigenvalue weighted by atomic mass is 15.3. The molecule has 2 N–H and O–H groups in total. The van der Waals surface area contributed by atoms with Crippen LogP contribution < -0.4 is 10.6 Å². The quantitative estimate of drug-likeness (QED) is 0.942. The largest absolute Gasteiger partial charge is 0.342 e. The summed E-state index contributed by atoms with van der Waals surface area (Å²) in [6.07, 6.45) is 4.28. The minimum atomic E-state index is 0.326. The molecule has 0 radical (unpaired) electrons. The van der Waals surface area contributed by atoms with Gasteiger partial charge in [-0.25, -0.2) is 4.98 Å². The van der Waals surface area contributed by atoms with Gasteiger partial charge in [0.1, 0.15) is 0 Å². The second-order valence-electron chi connectivity index (χ2n) is 5.95. The summed E-state index contributed by atoms with van der Waals surface area (Å²) in [5.41, 5.74) is 8.45. The van der Waals surface area contributed by atoms with Crippen molar-refractivity contribution in [1.82, 2.24) is 9.55 Å². The van der Waals surface area contributed by atoms with Crippen LogP contribution in [0.25, 0.3) is 5.69 Å². The second-order valence-corrected chi connectivity index (χ2v) is 5.95. The first kappa shape index (κ1) is 14.1. The molecule has 1 aliphatic heterocycles. The van der Waals surface area contributed by atoms with Gasteiger partial charge in [0, 0.05) is 31.0 Å². The summed E-state index contributed by atoms with van der Waals surface area (Å²) in [4.78, 5) is 7.14. The Hall–Kier alpha value is -1.81. The van der Waals surface area contributed by atoms with Crippen molar-refractivity contribution in [3.63, 3.8) is 0 Å². The van der Waals surface area contributed by atoms with Crippen LogP contribution in [-0.2, 0) is 0 Å². The Morgan fingerprint density at radius 1 is 1.29 bits per heavy atom. The van der Waals surface area contributed by atoms with Crippen LogP contribution in [0.1, 0.15) is 25.5 Å². The molecule has 0 bridgehead atoms. The maximum Gasteiger partial charge on any atom is 0.210 e. The molecule has 1 aromatic heterocycles. The summed E-state index contributed by atoms with van der Waals surface area (Å²) in [5.74, 6) is 1.60. The number of rotatable bonds is 3. The molecule has 0 aliphatic carbocycles. The van der Waals surface area contributed by atoms with Gasteiger partial charge < -0.3 is 10.6 Å². The van der Waals surface area contributed by atoms with E-state index < -0.39 is 0 Å².